The van der Waals surface area contributed by atoms with Crippen LogP contribution in [0.5, 0.6) is 0 Å². The molecule has 1 saturated carbocycles. The topological polar surface area (TPSA) is 35.8 Å². The quantitative estimate of drug-likeness (QED) is 0.600. The number of hydrogen-bond donors (Lipinski definition) is 1. The molecule has 148 valence electrons. The zero-order valence-corrected chi connectivity index (χ0v) is 18.0. The molecule has 0 bridgehead atoms. The lowest BCUT2D eigenvalue weighted by molar-refractivity contribution is 0.625. The second-order valence-electron chi connectivity index (χ2n) is 8.29. The molecule has 0 aromatic heterocycles. The minimum atomic E-state index is 0.209. The number of benzene rings is 2. The largest absolute Gasteiger partial charge is 0.392 e. The van der Waals surface area contributed by atoms with Crippen molar-refractivity contribution in [3.8, 4) is 17.2 Å². The minimum absolute atomic E-state index is 0.209. The highest BCUT2D eigenvalue weighted by molar-refractivity contribution is 5.71. The Morgan fingerprint density at radius 3 is 2.31 bits per heavy atom. The zero-order chi connectivity index (χ0) is 21.3. The molecule has 0 amide bonds. The predicted octanol–water partition coefficient (Wildman–Crippen LogP) is 6.49. The van der Waals surface area contributed by atoms with E-state index in [9.17, 15) is 0 Å². The van der Waals surface area contributed by atoms with E-state index in [0.29, 0.717) is 11.5 Å². The van der Waals surface area contributed by atoms with Gasteiger partial charge in [-0.05, 0) is 85.0 Å². The molecule has 2 aromatic carbocycles. The van der Waals surface area contributed by atoms with Crippen LogP contribution < -0.4 is 5.32 Å². The molecular formula is C27H30N2. The molecule has 2 unspecified atom stereocenters. The van der Waals surface area contributed by atoms with Crippen LogP contribution in [-0.2, 0) is 0 Å². The predicted molar refractivity (Wildman–Crippen MR) is 123 cm³/mol. The van der Waals surface area contributed by atoms with Gasteiger partial charge in [0.15, 0.2) is 0 Å². The molecule has 0 saturated heterocycles. The summed E-state index contributed by atoms with van der Waals surface area (Å²) in [6.45, 7) is 19.4. The van der Waals surface area contributed by atoms with Crippen LogP contribution in [0, 0.1) is 38.0 Å². The van der Waals surface area contributed by atoms with Crippen molar-refractivity contribution in [2.75, 3.05) is 7.05 Å². The molecule has 1 N–H and O–H groups in total. The first-order chi connectivity index (χ1) is 13.8. The van der Waals surface area contributed by atoms with Gasteiger partial charge in [-0.25, -0.2) is 0 Å². The summed E-state index contributed by atoms with van der Waals surface area (Å²) in [5, 5.41) is 12.3. The highest BCUT2D eigenvalue weighted by atomic mass is 14.8. The van der Waals surface area contributed by atoms with Crippen LogP contribution in [-0.4, -0.2) is 7.05 Å². The van der Waals surface area contributed by atoms with Crippen molar-refractivity contribution in [1.29, 1.82) is 5.26 Å². The van der Waals surface area contributed by atoms with Crippen LogP contribution in [0.15, 0.2) is 66.9 Å². The minimum Gasteiger partial charge on any atom is -0.392 e. The first-order valence-corrected chi connectivity index (χ1v) is 10.1. The molecule has 2 atom stereocenters. The van der Waals surface area contributed by atoms with Crippen molar-refractivity contribution < 1.29 is 0 Å². The Morgan fingerprint density at radius 1 is 1.10 bits per heavy atom. The molecule has 2 heteroatoms. The monoisotopic (exact) mass is 382 g/mol. The molecule has 1 aliphatic carbocycles. The lowest BCUT2D eigenvalue weighted by atomic mass is 9.82. The highest BCUT2D eigenvalue weighted by Gasteiger charge is 2.34. The van der Waals surface area contributed by atoms with Gasteiger partial charge in [-0.1, -0.05) is 49.1 Å². The molecule has 1 fully saturated rings. The Balaban J connectivity index is 1.98. The summed E-state index contributed by atoms with van der Waals surface area (Å²) in [6, 6.07) is 12.6. The van der Waals surface area contributed by atoms with Crippen molar-refractivity contribution >= 4 is 0 Å². The first kappa shape index (κ1) is 20.7. The van der Waals surface area contributed by atoms with E-state index in [1.807, 2.05) is 19.2 Å². The summed E-state index contributed by atoms with van der Waals surface area (Å²) >= 11 is 0. The molecule has 2 nitrogen and oxygen atoms in total. The van der Waals surface area contributed by atoms with E-state index in [2.05, 4.69) is 70.1 Å². The number of hydrogen-bond acceptors (Lipinski definition) is 2. The summed E-state index contributed by atoms with van der Waals surface area (Å²) in [5.74, 6) is 0.604. The van der Waals surface area contributed by atoms with E-state index in [0.717, 1.165) is 24.1 Å². The fourth-order valence-electron chi connectivity index (χ4n) is 4.70. The average molecular weight is 383 g/mol. The Hall–Kier alpha value is -3.05. The van der Waals surface area contributed by atoms with Crippen LogP contribution in [0.2, 0.25) is 0 Å². The fraction of sp³-hybridized carbons (Fsp3) is 0.296. The third-order valence-corrected chi connectivity index (χ3v) is 6.21. The lowest BCUT2D eigenvalue weighted by Crippen LogP contribution is -2.10. The van der Waals surface area contributed by atoms with Gasteiger partial charge in [-0.3, -0.25) is 0 Å². The van der Waals surface area contributed by atoms with Crippen molar-refractivity contribution in [1.82, 2.24) is 5.32 Å². The number of nitrogens with zero attached hydrogens (tertiary/aromatic N) is 1. The van der Waals surface area contributed by atoms with Crippen LogP contribution in [0.25, 0.3) is 11.1 Å². The molecule has 0 radical (unpaired) electrons. The normalized spacial score (nSPS) is 18.6. The van der Waals surface area contributed by atoms with Crippen molar-refractivity contribution in [3.63, 3.8) is 0 Å². The van der Waals surface area contributed by atoms with Crippen molar-refractivity contribution in [2.24, 2.45) is 5.92 Å². The van der Waals surface area contributed by atoms with Crippen LogP contribution in [0.1, 0.15) is 46.6 Å². The van der Waals surface area contributed by atoms with E-state index in [1.54, 1.807) is 0 Å². The second kappa shape index (κ2) is 8.13. The van der Waals surface area contributed by atoms with Gasteiger partial charge in [0.05, 0.1) is 11.6 Å². The van der Waals surface area contributed by atoms with Crippen molar-refractivity contribution in [2.45, 2.75) is 39.5 Å². The molecule has 29 heavy (non-hydrogen) atoms. The Kier molecular flexibility index (Phi) is 5.80. The average Bonchev–Trinajstić information content (AvgIpc) is 2.94. The maximum atomic E-state index is 9.14. The van der Waals surface area contributed by atoms with Gasteiger partial charge in [0.25, 0.3) is 0 Å². The van der Waals surface area contributed by atoms with Gasteiger partial charge in [0, 0.05) is 18.7 Å². The number of nitrogens with one attached hydrogen (secondary N) is 1. The second-order valence-corrected chi connectivity index (χ2v) is 8.29. The zero-order valence-electron chi connectivity index (χ0n) is 18.0. The molecule has 0 spiro atoms. The van der Waals surface area contributed by atoms with Crippen LogP contribution in [0.4, 0.5) is 0 Å². The summed E-state index contributed by atoms with van der Waals surface area (Å²) in [7, 11) is 1.92. The number of nitriles is 1. The van der Waals surface area contributed by atoms with Gasteiger partial charge < -0.3 is 5.32 Å². The van der Waals surface area contributed by atoms with E-state index < -0.39 is 0 Å². The molecule has 0 aliphatic heterocycles. The first-order valence-electron chi connectivity index (χ1n) is 10.1. The Bertz CT molecular complexity index is 1030. The standard InChI is InChI=1S/C27H30N2/c1-16-10-22(15-28)8-9-25(16)24-12-17(2)26(18(3)13-24)27-19(4)11-23(21(27)6)14-20(5)29-7/h8-10,12-13,23,27,29H,4-6,11,14H2,1-3,7H3. The van der Waals surface area contributed by atoms with Gasteiger partial charge in [0.2, 0.25) is 0 Å². The van der Waals surface area contributed by atoms with Crippen LogP contribution >= 0.6 is 0 Å². The van der Waals surface area contributed by atoms with E-state index >= 15 is 0 Å². The summed E-state index contributed by atoms with van der Waals surface area (Å²) in [5.41, 5.74) is 11.6. The summed E-state index contributed by atoms with van der Waals surface area (Å²) < 4.78 is 0. The Labute approximate surface area is 175 Å². The SMILES string of the molecule is C=C(CC1CC(=C)C(c2c(C)cc(-c3ccc(C#N)cc3C)cc2C)C1=C)NC. The molecule has 1 aliphatic rings. The number of rotatable bonds is 5. The maximum Gasteiger partial charge on any atom is 0.0991 e. The lowest BCUT2D eigenvalue weighted by Gasteiger charge is -2.22. The molecule has 2 aromatic rings. The third kappa shape index (κ3) is 3.91. The van der Waals surface area contributed by atoms with Crippen LogP contribution in [0.3, 0.4) is 0 Å². The molecule has 3 rings (SSSR count). The number of aryl methyl sites for hydroxylation is 3. The smallest absolute Gasteiger partial charge is 0.0991 e. The maximum absolute atomic E-state index is 9.14. The summed E-state index contributed by atoms with van der Waals surface area (Å²) in [4.78, 5) is 0. The van der Waals surface area contributed by atoms with Crippen molar-refractivity contribution in [3.05, 3.63) is 94.7 Å². The van der Waals surface area contributed by atoms with Gasteiger partial charge in [-0.2, -0.15) is 5.26 Å². The van der Waals surface area contributed by atoms with Gasteiger partial charge in [0.1, 0.15) is 0 Å². The fourth-order valence-corrected chi connectivity index (χ4v) is 4.70. The van der Waals surface area contributed by atoms with Gasteiger partial charge >= 0.3 is 0 Å². The van der Waals surface area contributed by atoms with E-state index in [4.69, 9.17) is 5.26 Å². The summed E-state index contributed by atoms with van der Waals surface area (Å²) in [6.07, 6.45) is 1.88. The molecule has 0 heterocycles. The molecular weight excluding hydrogens is 352 g/mol. The van der Waals surface area contributed by atoms with Gasteiger partial charge in [-0.15, -0.1) is 0 Å². The number of allylic oxidation sites excluding steroid dienone is 3. The van der Waals surface area contributed by atoms with E-state index in [-0.39, 0.29) is 5.92 Å². The third-order valence-electron chi connectivity index (χ3n) is 6.21. The van der Waals surface area contributed by atoms with E-state index in [1.165, 1.54) is 39.0 Å². The highest BCUT2D eigenvalue weighted by Crippen LogP contribution is 2.49. The Morgan fingerprint density at radius 2 is 1.76 bits per heavy atom.